The summed E-state index contributed by atoms with van der Waals surface area (Å²) in [4.78, 5) is -0.0829. The summed E-state index contributed by atoms with van der Waals surface area (Å²) in [7, 11) is -3.91. The summed E-state index contributed by atoms with van der Waals surface area (Å²) >= 11 is 11.0. The molecule has 0 saturated heterocycles. The molecule has 8 heteroatoms. The number of anilines is 1. The maximum Gasteiger partial charge on any atom is 0.312 e. The lowest BCUT2D eigenvalue weighted by Gasteiger charge is -2.04. The van der Waals surface area contributed by atoms with Gasteiger partial charge in [0, 0.05) is 8.95 Å². The highest BCUT2D eigenvalue weighted by Gasteiger charge is 2.17. The molecule has 0 saturated carbocycles. The van der Waals surface area contributed by atoms with Crippen LogP contribution in [0.4, 0.5) is 5.69 Å². The molecule has 0 heterocycles. The molecule has 2 N–H and O–H groups in total. The van der Waals surface area contributed by atoms with Crippen molar-refractivity contribution in [2.75, 3.05) is 5.73 Å². The topological polar surface area (TPSA) is 69.4 Å². The summed E-state index contributed by atoms with van der Waals surface area (Å²) in [5.41, 5.74) is 5.97. The first kappa shape index (κ1) is 12.3. The first-order valence-corrected chi connectivity index (χ1v) is 6.48. The van der Waals surface area contributed by atoms with Crippen molar-refractivity contribution in [2.45, 2.75) is 4.90 Å². The average Bonchev–Trinajstić information content (AvgIpc) is 2.13. The van der Waals surface area contributed by atoms with E-state index in [1.54, 1.807) is 0 Å². The zero-order valence-electron chi connectivity index (χ0n) is 6.50. The fourth-order valence-electron chi connectivity index (χ4n) is 0.742. The van der Waals surface area contributed by atoms with E-state index >= 15 is 0 Å². The minimum Gasteiger partial charge on any atom is -0.397 e. The summed E-state index contributed by atoms with van der Waals surface area (Å²) in [6.07, 6.45) is 0. The molecular formula is C6H4Br2ClNO3S. The van der Waals surface area contributed by atoms with Crippen LogP contribution in [-0.4, -0.2) is 8.42 Å². The van der Waals surface area contributed by atoms with Crippen LogP contribution < -0.4 is 5.73 Å². The van der Waals surface area contributed by atoms with E-state index < -0.39 is 10.1 Å². The molecule has 78 valence electrons. The van der Waals surface area contributed by atoms with Crippen molar-refractivity contribution in [1.29, 1.82) is 0 Å². The van der Waals surface area contributed by atoms with Crippen molar-refractivity contribution in [3.05, 3.63) is 21.1 Å². The summed E-state index contributed by atoms with van der Waals surface area (Å²) in [5, 5.41) is 0. The Morgan fingerprint density at radius 2 is 1.71 bits per heavy atom. The normalized spacial score (nSPS) is 11.6. The molecule has 14 heavy (non-hydrogen) atoms. The van der Waals surface area contributed by atoms with Crippen LogP contribution in [0, 0.1) is 0 Å². The molecule has 0 aliphatic rings. The third-order valence-corrected chi connectivity index (χ3v) is 4.21. The Labute approximate surface area is 103 Å². The molecule has 0 unspecified atom stereocenters. The van der Waals surface area contributed by atoms with E-state index in [9.17, 15) is 8.42 Å². The van der Waals surface area contributed by atoms with E-state index in [1.807, 2.05) is 0 Å². The zero-order chi connectivity index (χ0) is 10.9. The lowest BCUT2D eigenvalue weighted by molar-refractivity contribution is 0.509. The lowest BCUT2D eigenvalue weighted by atomic mass is 10.3. The van der Waals surface area contributed by atoms with Gasteiger partial charge in [0.05, 0.1) is 22.4 Å². The first-order chi connectivity index (χ1) is 6.38. The van der Waals surface area contributed by atoms with Gasteiger partial charge in [0.25, 0.3) is 0 Å². The van der Waals surface area contributed by atoms with Crippen LogP contribution in [0.25, 0.3) is 0 Å². The largest absolute Gasteiger partial charge is 0.397 e. The second kappa shape index (κ2) is 4.36. The summed E-state index contributed by atoms with van der Waals surface area (Å²) in [6.45, 7) is 0. The molecule has 1 aromatic carbocycles. The van der Waals surface area contributed by atoms with Crippen LogP contribution in [0.15, 0.2) is 26.0 Å². The van der Waals surface area contributed by atoms with Crippen LogP contribution in [0.3, 0.4) is 0 Å². The van der Waals surface area contributed by atoms with Gasteiger partial charge in [-0.3, -0.25) is 0 Å². The minimum absolute atomic E-state index is 0.0829. The molecule has 0 spiro atoms. The van der Waals surface area contributed by atoms with E-state index in [2.05, 4.69) is 35.6 Å². The van der Waals surface area contributed by atoms with Crippen molar-refractivity contribution >= 4 is 59.5 Å². The standard InChI is InChI=1S/C6H4Br2ClNO3S/c7-4-1-3(14(11,12)13-9)2-5(8)6(4)10/h1-2H,10H2. The van der Waals surface area contributed by atoms with Crippen molar-refractivity contribution < 1.29 is 12.2 Å². The number of nitrogens with two attached hydrogens (primary N) is 1. The third kappa shape index (κ3) is 2.40. The number of halogens is 3. The van der Waals surface area contributed by atoms with E-state index in [4.69, 9.17) is 17.6 Å². The Kier molecular flexibility index (Phi) is 3.81. The molecule has 0 aliphatic carbocycles. The number of hydrogen-bond donors (Lipinski definition) is 1. The lowest BCUT2D eigenvalue weighted by Crippen LogP contribution is -2.01. The van der Waals surface area contributed by atoms with Crippen molar-refractivity contribution in [3.63, 3.8) is 0 Å². The summed E-state index contributed by atoms with van der Waals surface area (Å²) < 4.78 is 27.1. The molecule has 0 aromatic heterocycles. The van der Waals surface area contributed by atoms with E-state index in [1.165, 1.54) is 12.1 Å². The maximum absolute atomic E-state index is 11.2. The molecule has 1 aromatic rings. The third-order valence-electron chi connectivity index (χ3n) is 1.42. The molecule has 0 bridgehead atoms. The zero-order valence-corrected chi connectivity index (χ0v) is 11.2. The van der Waals surface area contributed by atoms with Crippen LogP contribution in [0.5, 0.6) is 0 Å². The maximum atomic E-state index is 11.2. The quantitative estimate of drug-likeness (QED) is 0.818. The van der Waals surface area contributed by atoms with Crippen LogP contribution in [0.2, 0.25) is 0 Å². The molecule has 0 radical (unpaired) electrons. The van der Waals surface area contributed by atoms with Gasteiger partial charge < -0.3 is 5.73 Å². The molecule has 0 atom stereocenters. The number of nitrogen functional groups attached to an aromatic ring is 1. The SMILES string of the molecule is Nc1c(Br)cc(S(=O)(=O)OCl)cc1Br. The second-order valence-electron chi connectivity index (χ2n) is 2.32. The Hall–Kier alpha value is 0.180. The van der Waals surface area contributed by atoms with Gasteiger partial charge in [0.1, 0.15) is 0 Å². The molecule has 1 rings (SSSR count). The van der Waals surface area contributed by atoms with Gasteiger partial charge in [-0.2, -0.15) is 12.2 Å². The molecule has 0 amide bonds. The monoisotopic (exact) mass is 363 g/mol. The fraction of sp³-hybridized carbons (Fsp3) is 0. The molecular weight excluding hydrogens is 361 g/mol. The fourth-order valence-corrected chi connectivity index (χ4v) is 3.05. The highest BCUT2D eigenvalue weighted by atomic mass is 79.9. The second-order valence-corrected chi connectivity index (χ2v) is 5.91. The van der Waals surface area contributed by atoms with Gasteiger partial charge in [0.2, 0.25) is 0 Å². The van der Waals surface area contributed by atoms with E-state index in [0.29, 0.717) is 14.6 Å². The Morgan fingerprint density at radius 3 is 2.07 bits per heavy atom. The highest BCUT2D eigenvalue weighted by Crippen LogP contribution is 2.32. The van der Waals surface area contributed by atoms with E-state index in [-0.39, 0.29) is 4.90 Å². The molecule has 0 aliphatic heterocycles. The van der Waals surface area contributed by atoms with Gasteiger partial charge in [-0.15, -0.1) is 0 Å². The molecule has 0 fully saturated rings. The van der Waals surface area contributed by atoms with Crippen molar-refractivity contribution in [2.24, 2.45) is 0 Å². The van der Waals surface area contributed by atoms with Crippen LogP contribution in [-0.2, 0) is 13.9 Å². The van der Waals surface area contributed by atoms with Gasteiger partial charge >= 0.3 is 10.1 Å². The van der Waals surface area contributed by atoms with Crippen LogP contribution in [0.1, 0.15) is 0 Å². The number of rotatable bonds is 2. The number of benzene rings is 1. The molecule has 4 nitrogen and oxygen atoms in total. The Bertz CT molecular complexity index is 439. The van der Waals surface area contributed by atoms with Gasteiger partial charge in [0.15, 0.2) is 0 Å². The van der Waals surface area contributed by atoms with Gasteiger partial charge in [-0.05, 0) is 44.0 Å². The van der Waals surface area contributed by atoms with Crippen molar-refractivity contribution in [3.8, 4) is 0 Å². The predicted molar refractivity (Wildman–Crippen MR) is 60.4 cm³/mol. The predicted octanol–water partition coefficient (Wildman–Crippen LogP) is 2.65. The highest BCUT2D eigenvalue weighted by molar-refractivity contribution is 9.11. The summed E-state index contributed by atoms with van der Waals surface area (Å²) in [5.74, 6) is 0. The van der Waals surface area contributed by atoms with Crippen molar-refractivity contribution in [1.82, 2.24) is 0 Å². The van der Waals surface area contributed by atoms with E-state index in [0.717, 1.165) is 0 Å². The van der Waals surface area contributed by atoms with Gasteiger partial charge in [-0.1, -0.05) is 0 Å². The van der Waals surface area contributed by atoms with Crippen LogP contribution >= 0.6 is 43.7 Å². The number of hydrogen-bond acceptors (Lipinski definition) is 4. The first-order valence-electron chi connectivity index (χ1n) is 3.18. The Balaban J connectivity index is 3.41. The average molecular weight is 365 g/mol. The smallest absolute Gasteiger partial charge is 0.312 e. The summed E-state index contributed by atoms with van der Waals surface area (Å²) in [6, 6.07) is 2.61. The Morgan fingerprint density at radius 1 is 1.29 bits per heavy atom. The minimum atomic E-state index is -3.91. The van der Waals surface area contributed by atoms with Gasteiger partial charge in [-0.25, -0.2) is 0 Å².